The van der Waals surface area contributed by atoms with Crippen LogP contribution in [0.25, 0.3) is 21.3 Å². The Morgan fingerprint density at radius 2 is 1.65 bits per heavy atom. The molecule has 0 aliphatic carbocycles. The van der Waals surface area contributed by atoms with Crippen LogP contribution in [0.3, 0.4) is 0 Å². The van der Waals surface area contributed by atoms with Gasteiger partial charge >= 0.3 is 0 Å². The van der Waals surface area contributed by atoms with Gasteiger partial charge in [0, 0.05) is 16.7 Å². The number of nitrogens with zero attached hydrogens (tertiary/aromatic N) is 2. The Bertz CT molecular complexity index is 1020. The number of hydrogen-bond acceptors (Lipinski definition) is 4. The van der Waals surface area contributed by atoms with Gasteiger partial charge < -0.3 is 0 Å². The predicted molar refractivity (Wildman–Crippen MR) is 113 cm³/mol. The lowest BCUT2D eigenvalue weighted by Gasteiger charge is -2.06. The van der Waals surface area contributed by atoms with Crippen molar-refractivity contribution in [2.75, 3.05) is 0 Å². The summed E-state index contributed by atoms with van der Waals surface area (Å²) >= 11 is 3.48. The Labute approximate surface area is 162 Å². The quantitative estimate of drug-likeness (QED) is 0.293. The third kappa shape index (κ3) is 3.53. The molecule has 4 rings (SSSR count). The van der Waals surface area contributed by atoms with Crippen LogP contribution in [-0.4, -0.2) is 9.97 Å². The summed E-state index contributed by atoms with van der Waals surface area (Å²) in [5, 5.41) is 4.44. The van der Waals surface area contributed by atoms with Crippen LogP contribution in [0, 0.1) is 6.92 Å². The van der Waals surface area contributed by atoms with Crippen LogP contribution in [0.2, 0.25) is 0 Å². The van der Waals surface area contributed by atoms with Crippen LogP contribution in [-0.2, 0) is 12.2 Å². The van der Waals surface area contributed by atoms with E-state index in [1.165, 1.54) is 33.2 Å². The van der Waals surface area contributed by atoms with Gasteiger partial charge in [-0.3, -0.25) is 0 Å². The van der Waals surface area contributed by atoms with Gasteiger partial charge in [-0.25, -0.2) is 9.97 Å². The van der Waals surface area contributed by atoms with Gasteiger partial charge in [-0.2, -0.15) is 0 Å². The fourth-order valence-electron chi connectivity index (χ4n) is 2.93. The lowest BCUT2D eigenvalue weighted by atomic mass is 10.1. The zero-order valence-electron chi connectivity index (χ0n) is 14.9. The van der Waals surface area contributed by atoms with Gasteiger partial charge in [0.25, 0.3) is 0 Å². The summed E-state index contributed by atoms with van der Waals surface area (Å²) in [5.41, 5.74) is 6.43. The van der Waals surface area contributed by atoms with E-state index in [4.69, 9.17) is 0 Å². The highest BCUT2D eigenvalue weighted by Gasteiger charge is 2.13. The monoisotopic (exact) mass is 376 g/mol. The highest BCUT2D eigenvalue weighted by Crippen LogP contribution is 2.38. The van der Waals surface area contributed by atoms with E-state index in [-0.39, 0.29) is 0 Å². The van der Waals surface area contributed by atoms with Crippen LogP contribution in [0.4, 0.5) is 0 Å². The predicted octanol–water partition coefficient (Wildman–Crippen LogP) is 6.52. The normalized spacial score (nSPS) is 11.2. The van der Waals surface area contributed by atoms with Gasteiger partial charge in [-0.05, 0) is 30.0 Å². The minimum absolute atomic E-state index is 0.916. The minimum atomic E-state index is 0.916. The Kier molecular flexibility index (Phi) is 5.05. The van der Waals surface area contributed by atoms with Gasteiger partial charge in [-0.1, -0.05) is 61.0 Å². The van der Waals surface area contributed by atoms with E-state index in [0.29, 0.717) is 0 Å². The molecule has 2 aromatic heterocycles. The number of aryl methyl sites for hydroxylation is 2. The fraction of sp³-hybridized carbons (Fsp3) is 0.182. The Hall–Kier alpha value is -2.17. The summed E-state index contributed by atoms with van der Waals surface area (Å²) in [7, 11) is 0. The molecule has 0 saturated heterocycles. The highest BCUT2D eigenvalue weighted by molar-refractivity contribution is 7.98. The van der Waals surface area contributed by atoms with Crippen molar-refractivity contribution in [2.45, 2.75) is 31.0 Å². The molecule has 0 saturated carbocycles. The number of thioether (sulfide) groups is 1. The number of benzene rings is 2. The van der Waals surface area contributed by atoms with Crippen molar-refractivity contribution in [3.8, 4) is 11.1 Å². The second-order valence-electron chi connectivity index (χ2n) is 6.33. The SMILES string of the molecule is CCc1ccc(CSc2ncnc3scc(-c4ccc(C)cc4)c23)cc1. The zero-order valence-corrected chi connectivity index (χ0v) is 16.5. The zero-order chi connectivity index (χ0) is 17.9. The molecule has 4 heteroatoms. The molecular weight excluding hydrogens is 356 g/mol. The lowest BCUT2D eigenvalue weighted by Crippen LogP contribution is -1.88. The van der Waals surface area contributed by atoms with Crippen LogP contribution >= 0.6 is 23.1 Å². The molecule has 0 fully saturated rings. The van der Waals surface area contributed by atoms with Crippen molar-refractivity contribution in [1.82, 2.24) is 9.97 Å². The molecular formula is C22H20N2S2. The molecule has 26 heavy (non-hydrogen) atoms. The average Bonchev–Trinajstić information content (AvgIpc) is 3.12. The molecule has 0 aliphatic rings. The van der Waals surface area contributed by atoms with E-state index >= 15 is 0 Å². The molecule has 0 bridgehead atoms. The summed E-state index contributed by atoms with van der Waals surface area (Å²) in [6, 6.07) is 17.6. The number of fused-ring (bicyclic) bond motifs is 1. The molecule has 4 aromatic rings. The van der Waals surface area contributed by atoms with Crippen LogP contribution in [0.5, 0.6) is 0 Å². The van der Waals surface area contributed by atoms with Gasteiger partial charge in [0.15, 0.2) is 0 Å². The van der Waals surface area contributed by atoms with Gasteiger partial charge in [-0.15, -0.1) is 23.1 Å². The molecule has 2 heterocycles. The third-order valence-corrected chi connectivity index (χ3v) is 6.45. The second kappa shape index (κ2) is 7.60. The van der Waals surface area contributed by atoms with Crippen molar-refractivity contribution in [3.63, 3.8) is 0 Å². The topological polar surface area (TPSA) is 25.8 Å². The maximum atomic E-state index is 4.59. The molecule has 0 aliphatic heterocycles. The molecule has 2 aromatic carbocycles. The van der Waals surface area contributed by atoms with Crippen molar-refractivity contribution >= 4 is 33.3 Å². The average molecular weight is 377 g/mol. The number of thiophene rings is 1. The summed E-state index contributed by atoms with van der Waals surface area (Å²) in [4.78, 5) is 10.1. The minimum Gasteiger partial charge on any atom is -0.229 e. The summed E-state index contributed by atoms with van der Waals surface area (Å²) in [6.45, 7) is 4.30. The largest absolute Gasteiger partial charge is 0.229 e. The molecule has 0 atom stereocenters. The van der Waals surface area contributed by atoms with Crippen LogP contribution in [0.15, 0.2) is 65.3 Å². The molecule has 130 valence electrons. The number of aromatic nitrogens is 2. The van der Waals surface area contributed by atoms with Crippen LogP contribution in [0.1, 0.15) is 23.6 Å². The maximum Gasteiger partial charge on any atom is 0.128 e. The Morgan fingerprint density at radius 1 is 0.923 bits per heavy atom. The van der Waals surface area contributed by atoms with Crippen molar-refractivity contribution in [3.05, 3.63) is 76.9 Å². The van der Waals surface area contributed by atoms with Gasteiger partial charge in [0.1, 0.15) is 16.2 Å². The lowest BCUT2D eigenvalue weighted by molar-refractivity contribution is 1.11. The first-order valence-electron chi connectivity index (χ1n) is 8.74. The molecule has 2 nitrogen and oxygen atoms in total. The maximum absolute atomic E-state index is 4.59. The summed E-state index contributed by atoms with van der Waals surface area (Å²) < 4.78 is 0. The van der Waals surface area contributed by atoms with E-state index in [1.807, 2.05) is 0 Å². The highest BCUT2D eigenvalue weighted by atomic mass is 32.2. The van der Waals surface area contributed by atoms with E-state index < -0.39 is 0 Å². The van der Waals surface area contributed by atoms with Crippen molar-refractivity contribution in [2.24, 2.45) is 0 Å². The first-order chi connectivity index (χ1) is 12.7. The number of hydrogen-bond donors (Lipinski definition) is 0. The summed E-state index contributed by atoms with van der Waals surface area (Å²) in [5.74, 6) is 0.916. The van der Waals surface area contributed by atoms with E-state index in [1.54, 1.807) is 29.4 Å². The van der Waals surface area contributed by atoms with E-state index in [2.05, 4.69) is 77.7 Å². The standard InChI is InChI=1S/C22H20N2S2/c1-3-16-6-8-17(9-7-16)12-25-21-20-19(13-26-22(20)24-14-23-21)18-10-4-15(2)5-11-18/h4-11,13-14H,3,12H2,1-2H3. The van der Waals surface area contributed by atoms with Crippen molar-refractivity contribution in [1.29, 1.82) is 0 Å². The van der Waals surface area contributed by atoms with E-state index in [9.17, 15) is 0 Å². The third-order valence-electron chi connectivity index (χ3n) is 4.50. The first-order valence-corrected chi connectivity index (χ1v) is 10.6. The van der Waals surface area contributed by atoms with E-state index in [0.717, 1.165) is 22.0 Å². The second-order valence-corrected chi connectivity index (χ2v) is 8.16. The van der Waals surface area contributed by atoms with Crippen molar-refractivity contribution < 1.29 is 0 Å². The molecule has 0 amide bonds. The summed E-state index contributed by atoms with van der Waals surface area (Å²) in [6.07, 6.45) is 2.76. The Morgan fingerprint density at radius 3 is 2.38 bits per heavy atom. The fourth-order valence-corrected chi connectivity index (χ4v) is 4.87. The molecule has 0 unspecified atom stereocenters. The molecule has 0 N–H and O–H groups in total. The smallest absolute Gasteiger partial charge is 0.128 e. The number of rotatable bonds is 5. The molecule has 0 spiro atoms. The van der Waals surface area contributed by atoms with Gasteiger partial charge in [0.05, 0.1) is 5.39 Å². The van der Waals surface area contributed by atoms with Crippen LogP contribution < -0.4 is 0 Å². The first kappa shape index (κ1) is 17.3. The van der Waals surface area contributed by atoms with Gasteiger partial charge in [0.2, 0.25) is 0 Å². The molecule has 0 radical (unpaired) electrons. The Balaban J connectivity index is 1.66.